The lowest BCUT2D eigenvalue weighted by molar-refractivity contribution is -0.141. The number of hydrogen-bond donors (Lipinski definition) is 2. The van der Waals surface area contributed by atoms with E-state index in [1.807, 2.05) is 27.8 Å². The van der Waals surface area contributed by atoms with Crippen LogP contribution in [0.1, 0.15) is 34.1 Å². The van der Waals surface area contributed by atoms with Gasteiger partial charge in [-0.3, -0.25) is 4.79 Å². The number of carboxylic acids is 1. The van der Waals surface area contributed by atoms with Gasteiger partial charge in [0.15, 0.2) is 0 Å². The third-order valence-corrected chi connectivity index (χ3v) is 3.66. The molecule has 1 amide bonds. The number of likely N-dealkylation sites (tertiary alicyclic amines) is 1. The molecule has 0 aliphatic carbocycles. The molecule has 22 heavy (non-hydrogen) atoms. The van der Waals surface area contributed by atoms with Crippen LogP contribution in [0.3, 0.4) is 0 Å². The lowest BCUT2D eigenvalue weighted by Crippen LogP contribution is -2.71. The molecule has 0 radical (unpaired) electrons. The number of carboxylic acid groups (broad SMARTS) is 1. The molecular formula is C15H29N3O4. The fourth-order valence-corrected chi connectivity index (χ4v) is 2.39. The summed E-state index contributed by atoms with van der Waals surface area (Å²) in [7, 11) is 2.01. The average molecular weight is 315 g/mol. The minimum absolute atomic E-state index is 0.00212. The maximum absolute atomic E-state index is 12.0. The van der Waals surface area contributed by atoms with E-state index >= 15 is 0 Å². The minimum Gasteiger partial charge on any atom is -0.481 e. The summed E-state index contributed by atoms with van der Waals surface area (Å²) in [6.07, 6.45) is -0.386. The van der Waals surface area contributed by atoms with Crippen LogP contribution in [-0.4, -0.2) is 77.9 Å². The highest BCUT2D eigenvalue weighted by Crippen LogP contribution is 2.26. The largest absolute Gasteiger partial charge is 0.481 e. The molecule has 1 saturated heterocycles. The molecule has 0 atom stereocenters. The average Bonchev–Trinajstić information content (AvgIpc) is 2.31. The standard InChI is InChI=1S/C15H29N3O4/c1-6-17(5)8-7-16-15(9-12(19)20)10-18(11-15)13(21)22-14(2,3)4/h16H,6-11H2,1-5H3,(H,19,20). The number of carbonyl (C=O) groups is 2. The van der Waals surface area contributed by atoms with Gasteiger partial charge in [0.2, 0.25) is 0 Å². The highest BCUT2D eigenvalue weighted by Gasteiger charge is 2.47. The Morgan fingerprint density at radius 3 is 2.41 bits per heavy atom. The summed E-state index contributed by atoms with van der Waals surface area (Å²) in [5.41, 5.74) is -1.09. The van der Waals surface area contributed by atoms with Crippen LogP contribution in [0, 0.1) is 0 Å². The molecule has 2 N–H and O–H groups in total. The lowest BCUT2D eigenvalue weighted by Gasteiger charge is -2.50. The number of rotatable bonds is 7. The molecule has 0 unspecified atom stereocenters. The minimum atomic E-state index is -0.861. The molecule has 1 rings (SSSR count). The SMILES string of the molecule is CCN(C)CCNC1(CC(=O)O)CN(C(=O)OC(C)(C)C)C1. The first-order chi connectivity index (χ1) is 10.1. The van der Waals surface area contributed by atoms with E-state index in [0.29, 0.717) is 19.6 Å². The summed E-state index contributed by atoms with van der Waals surface area (Å²) < 4.78 is 5.30. The second-order valence-corrected chi connectivity index (χ2v) is 7.01. The van der Waals surface area contributed by atoms with Crippen LogP contribution >= 0.6 is 0 Å². The number of likely N-dealkylation sites (N-methyl/N-ethyl adjacent to an activating group) is 1. The molecule has 1 aliphatic heterocycles. The fraction of sp³-hybridized carbons (Fsp3) is 0.867. The maximum atomic E-state index is 12.0. The fourth-order valence-electron chi connectivity index (χ4n) is 2.39. The first-order valence-electron chi connectivity index (χ1n) is 7.70. The summed E-state index contributed by atoms with van der Waals surface area (Å²) in [4.78, 5) is 26.7. The van der Waals surface area contributed by atoms with E-state index < -0.39 is 17.1 Å². The van der Waals surface area contributed by atoms with Crippen molar-refractivity contribution in [3.05, 3.63) is 0 Å². The van der Waals surface area contributed by atoms with Crippen molar-refractivity contribution < 1.29 is 19.4 Å². The molecule has 0 spiro atoms. The second kappa shape index (κ2) is 7.28. The Bertz CT molecular complexity index is 400. The summed E-state index contributed by atoms with van der Waals surface area (Å²) in [5, 5.41) is 12.4. The van der Waals surface area contributed by atoms with Gasteiger partial charge in [-0.05, 0) is 34.4 Å². The number of hydrogen-bond acceptors (Lipinski definition) is 5. The van der Waals surface area contributed by atoms with Crippen molar-refractivity contribution >= 4 is 12.1 Å². The molecule has 0 aromatic heterocycles. The van der Waals surface area contributed by atoms with Gasteiger partial charge in [0.1, 0.15) is 5.60 Å². The van der Waals surface area contributed by atoms with Crippen LogP contribution in [0.4, 0.5) is 4.79 Å². The number of amides is 1. The third-order valence-electron chi connectivity index (χ3n) is 3.66. The lowest BCUT2D eigenvalue weighted by atomic mass is 9.86. The van der Waals surface area contributed by atoms with Crippen molar-refractivity contribution in [1.29, 1.82) is 0 Å². The molecule has 0 saturated carbocycles. The Morgan fingerprint density at radius 1 is 1.36 bits per heavy atom. The first-order valence-corrected chi connectivity index (χ1v) is 7.70. The van der Waals surface area contributed by atoms with Gasteiger partial charge in [-0.2, -0.15) is 0 Å². The summed E-state index contributed by atoms with van der Waals surface area (Å²) in [6, 6.07) is 0. The molecule has 1 heterocycles. The molecule has 0 aromatic rings. The van der Waals surface area contributed by atoms with Gasteiger partial charge >= 0.3 is 12.1 Å². The molecule has 0 bridgehead atoms. The predicted octanol–water partition coefficient (Wildman–Crippen LogP) is 0.992. The van der Waals surface area contributed by atoms with Gasteiger partial charge in [-0.15, -0.1) is 0 Å². The summed E-state index contributed by atoms with van der Waals surface area (Å²) >= 11 is 0. The molecule has 1 aliphatic rings. The highest BCUT2D eigenvalue weighted by atomic mass is 16.6. The zero-order valence-electron chi connectivity index (χ0n) is 14.3. The Labute approximate surface area is 132 Å². The third kappa shape index (κ3) is 5.81. The maximum Gasteiger partial charge on any atom is 0.410 e. The van der Waals surface area contributed by atoms with Crippen molar-refractivity contribution in [2.45, 2.75) is 45.3 Å². The van der Waals surface area contributed by atoms with Crippen LogP contribution in [0.2, 0.25) is 0 Å². The first kappa shape index (κ1) is 18.7. The highest BCUT2D eigenvalue weighted by molar-refractivity contribution is 5.73. The monoisotopic (exact) mass is 315 g/mol. The van der Waals surface area contributed by atoms with Gasteiger partial charge in [-0.1, -0.05) is 6.92 Å². The van der Waals surface area contributed by atoms with Gasteiger partial charge in [0.05, 0.1) is 12.0 Å². The normalized spacial score (nSPS) is 17.3. The number of nitrogens with zero attached hydrogens (tertiary/aromatic N) is 2. The van der Waals surface area contributed by atoms with Crippen molar-refractivity contribution in [1.82, 2.24) is 15.1 Å². The quantitative estimate of drug-likeness (QED) is 0.729. The van der Waals surface area contributed by atoms with E-state index in [9.17, 15) is 9.59 Å². The van der Waals surface area contributed by atoms with Crippen LogP contribution in [0.25, 0.3) is 0 Å². The molecular weight excluding hydrogens is 286 g/mol. The molecule has 0 aromatic carbocycles. The number of aliphatic carboxylic acids is 1. The van der Waals surface area contributed by atoms with E-state index in [4.69, 9.17) is 9.84 Å². The molecule has 1 fully saturated rings. The van der Waals surface area contributed by atoms with Crippen LogP contribution < -0.4 is 5.32 Å². The number of nitrogens with one attached hydrogen (secondary N) is 1. The Balaban J connectivity index is 2.52. The Hall–Kier alpha value is -1.34. The van der Waals surface area contributed by atoms with E-state index in [1.165, 1.54) is 0 Å². The van der Waals surface area contributed by atoms with Gasteiger partial charge < -0.3 is 25.0 Å². The van der Waals surface area contributed by atoms with E-state index in [0.717, 1.165) is 13.1 Å². The predicted molar refractivity (Wildman–Crippen MR) is 84.0 cm³/mol. The van der Waals surface area contributed by atoms with Crippen molar-refractivity contribution in [3.8, 4) is 0 Å². The van der Waals surface area contributed by atoms with Crippen LogP contribution in [0.15, 0.2) is 0 Å². The second-order valence-electron chi connectivity index (χ2n) is 7.01. The van der Waals surface area contributed by atoms with Crippen LogP contribution in [-0.2, 0) is 9.53 Å². The number of carbonyl (C=O) groups excluding carboxylic acids is 1. The van der Waals surface area contributed by atoms with Crippen molar-refractivity contribution in [2.75, 3.05) is 39.8 Å². The number of ether oxygens (including phenoxy) is 1. The topological polar surface area (TPSA) is 82.1 Å². The van der Waals surface area contributed by atoms with Crippen LogP contribution in [0.5, 0.6) is 0 Å². The Morgan fingerprint density at radius 2 is 1.95 bits per heavy atom. The zero-order valence-corrected chi connectivity index (χ0v) is 14.3. The van der Waals surface area contributed by atoms with Crippen molar-refractivity contribution in [2.24, 2.45) is 0 Å². The molecule has 7 nitrogen and oxygen atoms in total. The van der Waals surface area contributed by atoms with E-state index in [2.05, 4.69) is 17.1 Å². The van der Waals surface area contributed by atoms with E-state index in [1.54, 1.807) is 4.90 Å². The molecule has 128 valence electrons. The zero-order chi connectivity index (χ0) is 17.0. The Kier molecular flexibility index (Phi) is 6.19. The van der Waals surface area contributed by atoms with Crippen molar-refractivity contribution in [3.63, 3.8) is 0 Å². The summed E-state index contributed by atoms with van der Waals surface area (Å²) in [6.45, 7) is 10.7. The molecule has 7 heteroatoms. The van der Waals surface area contributed by atoms with Gasteiger partial charge in [0.25, 0.3) is 0 Å². The smallest absolute Gasteiger partial charge is 0.410 e. The summed E-state index contributed by atoms with van der Waals surface area (Å²) in [5.74, 6) is -0.861. The van der Waals surface area contributed by atoms with E-state index in [-0.39, 0.29) is 12.5 Å². The van der Waals surface area contributed by atoms with Gasteiger partial charge in [0, 0.05) is 26.2 Å². The van der Waals surface area contributed by atoms with Gasteiger partial charge in [-0.25, -0.2) is 4.79 Å².